The van der Waals surface area contributed by atoms with Crippen molar-refractivity contribution in [2.75, 3.05) is 13.6 Å². The van der Waals surface area contributed by atoms with E-state index in [0.717, 1.165) is 12.6 Å². The number of hydrogen-bond donors (Lipinski definition) is 1. The molecule has 10 heteroatoms. The van der Waals surface area contributed by atoms with E-state index in [0.29, 0.717) is 4.90 Å². The van der Waals surface area contributed by atoms with Gasteiger partial charge in [0.25, 0.3) is 0 Å². The lowest BCUT2D eigenvalue weighted by atomic mass is 10.1. The number of nitrogens with zero attached hydrogens (tertiary/aromatic N) is 1. The van der Waals surface area contributed by atoms with Gasteiger partial charge in [-0.15, -0.1) is 0 Å². The summed E-state index contributed by atoms with van der Waals surface area (Å²) in [6.07, 6.45) is -5.63. The smallest absolute Gasteiger partial charge is 0.460 e. The predicted octanol–water partition coefficient (Wildman–Crippen LogP) is 3.81. The molecule has 31 heavy (non-hydrogen) atoms. The Bertz CT molecular complexity index is 733. The Morgan fingerprint density at radius 2 is 1.71 bits per heavy atom. The zero-order valence-corrected chi connectivity index (χ0v) is 18.1. The molecule has 1 aromatic rings. The summed E-state index contributed by atoms with van der Waals surface area (Å²) in [5.74, 6) is -2.52. The monoisotopic (exact) mass is 446 g/mol. The molecule has 1 rings (SSSR count). The molecule has 0 radical (unpaired) electrons. The zero-order chi connectivity index (χ0) is 23.7. The maximum atomic E-state index is 12.5. The molecule has 0 aliphatic heterocycles. The number of benzene rings is 1. The van der Waals surface area contributed by atoms with Crippen molar-refractivity contribution in [3.63, 3.8) is 0 Å². The van der Waals surface area contributed by atoms with Gasteiger partial charge in [-0.3, -0.25) is 9.59 Å². The molecule has 0 saturated heterocycles. The number of rotatable bonds is 9. The highest BCUT2D eigenvalue weighted by atomic mass is 19.4. The fourth-order valence-corrected chi connectivity index (χ4v) is 2.63. The summed E-state index contributed by atoms with van der Waals surface area (Å²) in [7, 11) is 1.04. The van der Waals surface area contributed by atoms with Crippen molar-refractivity contribution in [1.29, 1.82) is 0 Å². The quantitative estimate of drug-likeness (QED) is 0.583. The molecule has 1 aromatic carbocycles. The molecule has 0 bridgehead atoms. The maximum Gasteiger partial charge on any atom is 0.471 e. The van der Waals surface area contributed by atoms with Gasteiger partial charge < -0.3 is 19.7 Å². The Kier molecular flexibility index (Phi) is 9.80. The van der Waals surface area contributed by atoms with E-state index in [2.05, 4.69) is 5.32 Å². The molecule has 0 aliphatic carbocycles. The van der Waals surface area contributed by atoms with Crippen molar-refractivity contribution in [3.8, 4) is 0 Å². The molecule has 0 saturated carbocycles. The van der Waals surface area contributed by atoms with Crippen LogP contribution in [0, 0.1) is 0 Å². The molecular weight excluding hydrogens is 417 g/mol. The molecule has 0 heterocycles. The summed E-state index contributed by atoms with van der Waals surface area (Å²) in [5, 5.41) is 2.55. The summed E-state index contributed by atoms with van der Waals surface area (Å²) in [5.41, 5.74) is 0.0445. The second kappa shape index (κ2) is 11.6. The third-order valence-corrected chi connectivity index (χ3v) is 4.00. The van der Waals surface area contributed by atoms with E-state index in [1.165, 1.54) is 0 Å². The van der Waals surface area contributed by atoms with E-state index in [-0.39, 0.29) is 32.4 Å². The molecule has 0 fully saturated rings. The maximum absolute atomic E-state index is 12.5. The van der Waals surface area contributed by atoms with Gasteiger partial charge in [-0.25, -0.2) is 4.79 Å². The summed E-state index contributed by atoms with van der Waals surface area (Å²) in [6, 6.07) is 8.23. The number of amides is 2. The normalized spacial score (nSPS) is 12.6. The average Bonchev–Trinajstić information content (AvgIpc) is 2.64. The van der Waals surface area contributed by atoms with Crippen LogP contribution in [-0.2, 0) is 25.7 Å². The first kappa shape index (κ1) is 26.3. The molecule has 0 aliphatic rings. The fourth-order valence-electron chi connectivity index (χ4n) is 2.63. The third kappa shape index (κ3) is 11.3. The fraction of sp³-hybridized carbons (Fsp3) is 0.571. The van der Waals surface area contributed by atoms with Crippen molar-refractivity contribution in [2.24, 2.45) is 0 Å². The number of ether oxygens (including phenoxy) is 2. The van der Waals surface area contributed by atoms with Gasteiger partial charge in [-0.1, -0.05) is 30.3 Å². The van der Waals surface area contributed by atoms with Gasteiger partial charge in [0.2, 0.25) is 0 Å². The highest BCUT2D eigenvalue weighted by Crippen LogP contribution is 2.18. The van der Waals surface area contributed by atoms with Crippen molar-refractivity contribution in [1.82, 2.24) is 10.2 Å². The molecule has 2 amide bonds. The van der Waals surface area contributed by atoms with Crippen LogP contribution >= 0.6 is 0 Å². The average molecular weight is 446 g/mol. The van der Waals surface area contributed by atoms with Crippen molar-refractivity contribution in [2.45, 2.75) is 64.5 Å². The Labute approximate surface area is 179 Å². The molecule has 1 atom stereocenters. The molecular formula is C21H29F3N2O5. The molecule has 1 N–H and O–H groups in total. The lowest BCUT2D eigenvalue weighted by Crippen LogP contribution is -2.41. The van der Waals surface area contributed by atoms with Crippen LogP contribution in [-0.4, -0.2) is 54.3 Å². The van der Waals surface area contributed by atoms with Crippen LogP contribution in [0.5, 0.6) is 0 Å². The van der Waals surface area contributed by atoms with Gasteiger partial charge in [-0.2, -0.15) is 13.2 Å². The van der Waals surface area contributed by atoms with Gasteiger partial charge in [0.15, 0.2) is 0 Å². The first-order valence-corrected chi connectivity index (χ1v) is 9.79. The second-order valence-electron chi connectivity index (χ2n) is 8.06. The molecule has 7 nitrogen and oxygen atoms in total. The van der Waals surface area contributed by atoms with Crippen LogP contribution < -0.4 is 5.32 Å². The molecule has 0 aromatic heterocycles. The number of alkyl carbamates (subject to hydrolysis) is 1. The van der Waals surface area contributed by atoms with Crippen molar-refractivity contribution < 1.29 is 37.0 Å². The van der Waals surface area contributed by atoms with E-state index < -0.39 is 35.8 Å². The number of carbonyl (C=O) groups excluding carboxylic acids is 3. The Morgan fingerprint density at radius 3 is 2.26 bits per heavy atom. The van der Waals surface area contributed by atoms with Gasteiger partial charge in [0.1, 0.15) is 12.2 Å². The Hall–Kier alpha value is -2.78. The summed E-state index contributed by atoms with van der Waals surface area (Å²) in [4.78, 5) is 36.0. The summed E-state index contributed by atoms with van der Waals surface area (Å²) < 4.78 is 47.8. The van der Waals surface area contributed by atoms with Crippen LogP contribution in [0.3, 0.4) is 0 Å². The largest absolute Gasteiger partial charge is 0.471 e. The number of halogens is 3. The topological polar surface area (TPSA) is 84.9 Å². The number of alkyl halides is 3. The Balaban J connectivity index is 2.64. The van der Waals surface area contributed by atoms with Crippen LogP contribution in [0.25, 0.3) is 0 Å². The van der Waals surface area contributed by atoms with Crippen LogP contribution in [0.1, 0.15) is 45.6 Å². The number of hydrogen-bond acceptors (Lipinski definition) is 5. The standard InChI is InChI=1S/C21H29F3N2O5/c1-20(2,3)31-17(27)13-16(11-8-12-26(4)18(28)21(22,23)24)25-19(29)30-14-15-9-6-5-7-10-15/h5-7,9-10,16H,8,11-14H2,1-4H3,(H,25,29)/t16-/m0/s1. The molecule has 174 valence electrons. The SMILES string of the molecule is CN(CCC[C@@H](CC(=O)OC(C)(C)C)NC(=O)OCc1ccccc1)C(=O)C(F)(F)F. The van der Waals surface area contributed by atoms with Crippen LogP contribution in [0.4, 0.5) is 18.0 Å². The van der Waals surface area contributed by atoms with E-state index in [1.54, 1.807) is 45.0 Å². The lowest BCUT2D eigenvalue weighted by Gasteiger charge is -2.24. The molecule has 0 unspecified atom stereocenters. The van der Waals surface area contributed by atoms with Crippen LogP contribution in [0.15, 0.2) is 30.3 Å². The highest BCUT2D eigenvalue weighted by molar-refractivity contribution is 5.81. The van der Waals surface area contributed by atoms with E-state index in [1.807, 2.05) is 6.07 Å². The van der Waals surface area contributed by atoms with E-state index >= 15 is 0 Å². The minimum Gasteiger partial charge on any atom is -0.460 e. The number of nitrogens with one attached hydrogen (secondary N) is 1. The highest BCUT2D eigenvalue weighted by Gasteiger charge is 2.41. The van der Waals surface area contributed by atoms with E-state index in [4.69, 9.17) is 9.47 Å². The van der Waals surface area contributed by atoms with Gasteiger partial charge in [0.05, 0.1) is 6.42 Å². The first-order valence-electron chi connectivity index (χ1n) is 9.79. The van der Waals surface area contributed by atoms with Gasteiger partial charge in [0, 0.05) is 19.6 Å². The minimum atomic E-state index is -4.95. The summed E-state index contributed by atoms with van der Waals surface area (Å²) >= 11 is 0. The van der Waals surface area contributed by atoms with Crippen LogP contribution in [0.2, 0.25) is 0 Å². The van der Waals surface area contributed by atoms with E-state index in [9.17, 15) is 27.6 Å². The van der Waals surface area contributed by atoms with Gasteiger partial charge in [-0.05, 0) is 39.2 Å². The lowest BCUT2D eigenvalue weighted by molar-refractivity contribution is -0.184. The number of esters is 1. The third-order valence-electron chi connectivity index (χ3n) is 4.00. The number of carbonyl (C=O) groups is 3. The molecule has 0 spiro atoms. The second-order valence-corrected chi connectivity index (χ2v) is 8.06. The predicted molar refractivity (Wildman–Crippen MR) is 107 cm³/mol. The first-order chi connectivity index (χ1) is 14.3. The zero-order valence-electron chi connectivity index (χ0n) is 18.1. The van der Waals surface area contributed by atoms with Crippen molar-refractivity contribution in [3.05, 3.63) is 35.9 Å². The van der Waals surface area contributed by atoms with Gasteiger partial charge >= 0.3 is 24.1 Å². The summed E-state index contributed by atoms with van der Waals surface area (Å²) in [6.45, 7) is 4.91. The van der Waals surface area contributed by atoms with Crippen molar-refractivity contribution >= 4 is 18.0 Å². The Morgan fingerprint density at radius 1 is 1.10 bits per heavy atom. The minimum absolute atomic E-state index is 0.0225.